The number of hydrogen-bond acceptors (Lipinski definition) is 3. The van der Waals surface area contributed by atoms with Gasteiger partial charge in [0.2, 0.25) is 0 Å². The van der Waals surface area contributed by atoms with Gasteiger partial charge in [0.1, 0.15) is 6.10 Å². The Hall–Kier alpha value is -1.98. The summed E-state index contributed by atoms with van der Waals surface area (Å²) in [5.41, 5.74) is 4.89. The van der Waals surface area contributed by atoms with Gasteiger partial charge in [0.05, 0.1) is 0 Å². The zero-order chi connectivity index (χ0) is 13.7. The van der Waals surface area contributed by atoms with Crippen molar-refractivity contribution in [1.29, 1.82) is 0 Å². The average Bonchev–Trinajstić information content (AvgIpc) is 2.28. The Morgan fingerprint density at radius 3 is 2.56 bits per heavy atom. The Morgan fingerprint density at radius 2 is 2.00 bits per heavy atom. The lowest BCUT2D eigenvalue weighted by atomic mass is 10.0. The number of benzene rings is 1. The molecule has 0 heterocycles. The van der Waals surface area contributed by atoms with E-state index in [0.717, 1.165) is 12.1 Å². The lowest BCUT2D eigenvalue weighted by Gasteiger charge is -2.10. The molecule has 18 heavy (non-hydrogen) atoms. The molecule has 1 amide bonds. The molecule has 0 saturated carbocycles. The van der Waals surface area contributed by atoms with Gasteiger partial charge >= 0.3 is 6.09 Å². The topological polar surface area (TPSA) is 69.4 Å². The molecule has 4 nitrogen and oxygen atoms in total. The van der Waals surface area contributed by atoms with Crippen molar-refractivity contribution < 1.29 is 23.1 Å². The number of ether oxygens (including phenoxy) is 1. The van der Waals surface area contributed by atoms with Gasteiger partial charge in [-0.3, -0.25) is 4.79 Å². The number of Topliss-reactive ketones (excluding diaryl/α,β-unsaturated/α-hetero) is 1. The van der Waals surface area contributed by atoms with E-state index in [1.165, 1.54) is 6.07 Å². The maximum absolute atomic E-state index is 12.9. The molecule has 0 radical (unpaired) electrons. The standard InChI is InChI=1S/C12H13F2NO3/c1-7(18-12(15)17)2-5-11(16)8-3-4-9(13)10(14)6-8/h3-4,6-7H,2,5H2,1H3,(H2,15,17). The molecule has 0 aromatic heterocycles. The van der Waals surface area contributed by atoms with Crippen molar-refractivity contribution in [1.82, 2.24) is 0 Å². The molecule has 1 rings (SSSR count). The Labute approximate surface area is 103 Å². The molecule has 0 aliphatic rings. The van der Waals surface area contributed by atoms with Crippen molar-refractivity contribution in [3.05, 3.63) is 35.4 Å². The van der Waals surface area contributed by atoms with Crippen LogP contribution in [0.3, 0.4) is 0 Å². The number of hydrogen-bond donors (Lipinski definition) is 1. The zero-order valence-corrected chi connectivity index (χ0v) is 9.78. The number of primary amides is 1. The van der Waals surface area contributed by atoms with Crippen LogP contribution in [0.5, 0.6) is 0 Å². The van der Waals surface area contributed by atoms with Gasteiger partial charge in [-0.2, -0.15) is 0 Å². The van der Waals surface area contributed by atoms with Crippen molar-refractivity contribution in [2.75, 3.05) is 0 Å². The fraction of sp³-hybridized carbons (Fsp3) is 0.333. The Kier molecular flexibility index (Phi) is 4.76. The van der Waals surface area contributed by atoms with Gasteiger partial charge in [0.15, 0.2) is 17.4 Å². The van der Waals surface area contributed by atoms with Gasteiger partial charge in [0.25, 0.3) is 0 Å². The van der Waals surface area contributed by atoms with Crippen molar-refractivity contribution in [2.45, 2.75) is 25.9 Å². The third kappa shape index (κ3) is 4.12. The third-order valence-corrected chi connectivity index (χ3v) is 2.34. The first-order valence-electron chi connectivity index (χ1n) is 5.34. The smallest absolute Gasteiger partial charge is 0.404 e. The molecule has 0 fully saturated rings. The van der Waals surface area contributed by atoms with Gasteiger partial charge in [-0.25, -0.2) is 13.6 Å². The molecule has 0 aliphatic heterocycles. The molecule has 6 heteroatoms. The Bertz CT molecular complexity index is 463. The highest BCUT2D eigenvalue weighted by atomic mass is 19.2. The minimum Gasteiger partial charge on any atom is -0.447 e. The molecule has 1 atom stereocenters. The molecule has 98 valence electrons. The molecule has 0 saturated heterocycles. The van der Waals surface area contributed by atoms with Crippen LogP contribution in [0.2, 0.25) is 0 Å². The van der Waals surface area contributed by atoms with E-state index in [2.05, 4.69) is 4.74 Å². The minimum absolute atomic E-state index is 0.0551. The fourth-order valence-electron chi connectivity index (χ4n) is 1.41. The molecule has 0 bridgehead atoms. The first-order valence-corrected chi connectivity index (χ1v) is 5.34. The highest BCUT2D eigenvalue weighted by molar-refractivity contribution is 5.96. The van der Waals surface area contributed by atoms with Crippen molar-refractivity contribution in [3.8, 4) is 0 Å². The second-order valence-corrected chi connectivity index (χ2v) is 3.84. The van der Waals surface area contributed by atoms with Gasteiger partial charge < -0.3 is 10.5 Å². The van der Waals surface area contributed by atoms with Gasteiger partial charge in [0, 0.05) is 12.0 Å². The van der Waals surface area contributed by atoms with E-state index in [1.807, 2.05) is 0 Å². The number of halogens is 2. The molecule has 1 aromatic rings. The van der Waals surface area contributed by atoms with Crippen LogP contribution in [0.4, 0.5) is 13.6 Å². The molecular weight excluding hydrogens is 244 g/mol. The summed E-state index contributed by atoms with van der Waals surface area (Å²) >= 11 is 0. The predicted octanol–water partition coefficient (Wildman–Crippen LogP) is 2.41. The second-order valence-electron chi connectivity index (χ2n) is 3.84. The normalized spacial score (nSPS) is 11.9. The SMILES string of the molecule is CC(CCC(=O)c1ccc(F)c(F)c1)OC(N)=O. The fourth-order valence-corrected chi connectivity index (χ4v) is 1.41. The lowest BCUT2D eigenvalue weighted by molar-refractivity contribution is 0.0897. The third-order valence-electron chi connectivity index (χ3n) is 2.34. The van der Waals surface area contributed by atoms with E-state index in [0.29, 0.717) is 0 Å². The summed E-state index contributed by atoms with van der Waals surface area (Å²) in [6.45, 7) is 1.59. The second kappa shape index (κ2) is 6.09. The number of amides is 1. The van der Waals surface area contributed by atoms with Gasteiger partial charge in [-0.1, -0.05) is 0 Å². The van der Waals surface area contributed by atoms with Crippen LogP contribution in [0.1, 0.15) is 30.1 Å². The van der Waals surface area contributed by atoms with E-state index in [9.17, 15) is 18.4 Å². The van der Waals surface area contributed by atoms with Gasteiger partial charge in [-0.15, -0.1) is 0 Å². The molecule has 0 aliphatic carbocycles. The van der Waals surface area contributed by atoms with E-state index in [1.54, 1.807) is 6.92 Å². The average molecular weight is 257 g/mol. The number of rotatable bonds is 5. The largest absolute Gasteiger partial charge is 0.447 e. The maximum Gasteiger partial charge on any atom is 0.404 e. The molecular formula is C12H13F2NO3. The highest BCUT2D eigenvalue weighted by Gasteiger charge is 2.13. The summed E-state index contributed by atoms with van der Waals surface area (Å²) in [6, 6.07) is 2.95. The van der Waals surface area contributed by atoms with Crippen LogP contribution >= 0.6 is 0 Å². The number of ketones is 1. The maximum atomic E-state index is 12.9. The first-order chi connectivity index (χ1) is 8.40. The summed E-state index contributed by atoms with van der Waals surface area (Å²) in [4.78, 5) is 22.1. The summed E-state index contributed by atoms with van der Waals surface area (Å²) in [6.07, 6.45) is -1.10. The predicted molar refractivity (Wildman–Crippen MR) is 60.1 cm³/mol. The van der Waals surface area contributed by atoms with Crippen LogP contribution in [-0.4, -0.2) is 18.0 Å². The minimum atomic E-state index is -1.07. The van der Waals surface area contributed by atoms with Crippen LogP contribution < -0.4 is 5.73 Å². The van der Waals surface area contributed by atoms with Crippen molar-refractivity contribution in [3.63, 3.8) is 0 Å². The molecule has 1 aromatic carbocycles. The number of carbonyl (C=O) groups excluding carboxylic acids is 2. The van der Waals surface area contributed by atoms with E-state index in [-0.39, 0.29) is 24.2 Å². The van der Waals surface area contributed by atoms with E-state index < -0.39 is 23.8 Å². The summed E-state index contributed by atoms with van der Waals surface area (Å²) in [7, 11) is 0. The van der Waals surface area contributed by atoms with Crippen LogP contribution in [0.15, 0.2) is 18.2 Å². The van der Waals surface area contributed by atoms with Crippen LogP contribution in [-0.2, 0) is 4.74 Å². The van der Waals surface area contributed by atoms with Crippen molar-refractivity contribution in [2.24, 2.45) is 5.73 Å². The monoisotopic (exact) mass is 257 g/mol. The van der Waals surface area contributed by atoms with Gasteiger partial charge in [-0.05, 0) is 31.5 Å². The Morgan fingerprint density at radius 1 is 1.33 bits per heavy atom. The van der Waals surface area contributed by atoms with Crippen LogP contribution in [0.25, 0.3) is 0 Å². The van der Waals surface area contributed by atoms with E-state index >= 15 is 0 Å². The highest BCUT2D eigenvalue weighted by Crippen LogP contribution is 2.12. The van der Waals surface area contributed by atoms with Crippen LogP contribution in [0, 0.1) is 11.6 Å². The Balaban J connectivity index is 2.55. The number of carbonyl (C=O) groups is 2. The summed E-state index contributed by atoms with van der Waals surface area (Å²) in [5, 5.41) is 0. The zero-order valence-electron chi connectivity index (χ0n) is 9.78. The summed E-state index contributed by atoms with van der Waals surface area (Å²) in [5.74, 6) is -2.42. The van der Waals surface area contributed by atoms with Crippen molar-refractivity contribution >= 4 is 11.9 Å². The molecule has 1 unspecified atom stereocenters. The molecule has 2 N–H and O–H groups in total. The number of nitrogens with two attached hydrogens (primary N) is 1. The van der Waals surface area contributed by atoms with E-state index in [4.69, 9.17) is 5.73 Å². The first kappa shape index (κ1) is 14.1. The quantitative estimate of drug-likeness (QED) is 0.823. The lowest BCUT2D eigenvalue weighted by Crippen LogP contribution is -2.21. The molecule has 0 spiro atoms. The summed E-state index contributed by atoms with van der Waals surface area (Å²) < 4.78 is 30.2.